The van der Waals surface area contributed by atoms with Crippen molar-refractivity contribution in [2.75, 3.05) is 14.1 Å². The number of hydrogen-bond donors (Lipinski definition) is 2. The molecule has 5 nitrogen and oxygen atoms in total. The molecule has 0 aliphatic rings. The Hall–Kier alpha value is -2.37. The van der Waals surface area contributed by atoms with Gasteiger partial charge < -0.3 is 10.2 Å². The third-order valence-corrected chi connectivity index (χ3v) is 2.88. The van der Waals surface area contributed by atoms with E-state index in [1.165, 1.54) is 12.1 Å². The van der Waals surface area contributed by atoms with Crippen LogP contribution >= 0.6 is 0 Å². The van der Waals surface area contributed by atoms with Crippen molar-refractivity contribution in [1.82, 2.24) is 20.4 Å². The van der Waals surface area contributed by atoms with Crippen molar-refractivity contribution in [3.8, 4) is 0 Å². The number of H-pyrrole nitrogens is 1. The van der Waals surface area contributed by atoms with Gasteiger partial charge in [-0.3, -0.25) is 10.1 Å². The third-order valence-electron chi connectivity index (χ3n) is 2.88. The van der Waals surface area contributed by atoms with Crippen LogP contribution in [0.4, 0.5) is 4.39 Å². The number of rotatable bonds is 4. The number of guanidine groups is 1. The zero-order valence-electron chi connectivity index (χ0n) is 11.6. The highest BCUT2D eigenvalue weighted by atomic mass is 19.1. The highest BCUT2D eigenvalue weighted by Crippen LogP contribution is 2.06. The number of aromatic nitrogens is 2. The molecule has 0 bridgehead atoms. The summed E-state index contributed by atoms with van der Waals surface area (Å²) >= 11 is 0. The number of aromatic amines is 1. The van der Waals surface area contributed by atoms with Crippen LogP contribution in [0.1, 0.15) is 11.3 Å². The van der Waals surface area contributed by atoms with E-state index in [1.54, 1.807) is 19.3 Å². The second-order valence-corrected chi connectivity index (χ2v) is 4.47. The summed E-state index contributed by atoms with van der Waals surface area (Å²) in [6.45, 7) is 1.20. The standard InChI is InChI=1S/C14H18FN5/c1-16-14(17-9-13-6-7-18-19-13)20(2)10-11-4-3-5-12(15)8-11/h3-8H,9-10H2,1-2H3,(H,16,17)(H,18,19). The Morgan fingerprint density at radius 3 is 2.95 bits per heavy atom. The van der Waals surface area contributed by atoms with Gasteiger partial charge in [-0.15, -0.1) is 0 Å². The molecule has 0 aliphatic heterocycles. The molecule has 0 unspecified atom stereocenters. The first kappa shape index (κ1) is 14.0. The zero-order chi connectivity index (χ0) is 14.4. The normalized spacial score (nSPS) is 11.4. The van der Waals surface area contributed by atoms with E-state index in [1.807, 2.05) is 24.1 Å². The SMILES string of the molecule is CN=C(NCc1ccn[nH]1)N(C)Cc1cccc(F)c1. The maximum absolute atomic E-state index is 13.2. The van der Waals surface area contributed by atoms with Crippen molar-refractivity contribution in [2.45, 2.75) is 13.1 Å². The molecule has 106 valence electrons. The smallest absolute Gasteiger partial charge is 0.194 e. The van der Waals surface area contributed by atoms with Gasteiger partial charge >= 0.3 is 0 Å². The van der Waals surface area contributed by atoms with Crippen LogP contribution in [0.5, 0.6) is 0 Å². The van der Waals surface area contributed by atoms with Gasteiger partial charge in [-0.05, 0) is 23.8 Å². The molecule has 0 aliphatic carbocycles. The Morgan fingerprint density at radius 1 is 1.45 bits per heavy atom. The van der Waals surface area contributed by atoms with Crippen LogP contribution in [0.3, 0.4) is 0 Å². The number of hydrogen-bond acceptors (Lipinski definition) is 2. The molecule has 2 N–H and O–H groups in total. The van der Waals surface area contributed by atoms with E-state index >= 15 is 0 Å². The van der Waals surface area contributed by atoms with Crippen molar-refractivity contribution < 1.29 is 4.39 Å². The fourth-order valence-corrected chi connectivity index (χ4v) is 1.93. The lowest BCUT2D eigenvalue weighted by Gasteiger charge is -2.22. The highest BCUT2D eigenvalue weighted by Gasteiger charge is 2.07. The van der Waals surface area contributed by atoms with Gasteiger partial charge in [-0.25, -0.2) is 4.39 Å². The van der Waals surface area contributed by atoms with Gasteiger partial charge in [0.1, 0.15) is 5.82 Å². The number of benzene rings is 1. The van der Waals surface area contributed by atoms with Crippen molar-refractivity contribution in [3.63, 3.8) is 0 Å². The third kappa shape index (κ3) is 3.81. The van der Waals surface area contributed by atoms with E-state index in [-0.39, 0.29) is 5.82 Å². The van der Waals surface area contributed by atoms with E-state index in [0.29, 0.717) is 13.1 Å². The first-order chi connectivity index (χ1) is 9.69. The molecule has 0 spiro atoms. The summed E-state index contributed by atoms with van der Waals surface area (Å²) < 4.78 is 13.2. The first-order valence-electron chi connectivity index (χ1n) is 6.33. The summed E-state index contributed by atoms with van der Waals surface area (Å²) in [6, 6.07) is 8.46. The number of aliphatic imine (C=N–C) groups is 1. The lowest BCUT2D eigenvalue weighted by atomic mass is 10.2. The van der Waals surface area contributed by atoms with Crippen molar-refractivity contribution in [2.24, 2.45) is 4.99 Å². The molecule has 0 amide bonds. The molecule has 0 saturated carbocycles. The molecule has 6 heteroatoms. The molecule has 2 aromatic rings. The molecule has 1 heterocycles. The van der Waals surface area contributed by atoms with E-state index in [0.717, 1.165) is 17.2 Å². The molecule has 1 aromatic carbocycles. The predicted molar refractivity (Wildman–Crippen MR) is 76.7 cm³/mol. The molecular weight excluding hydrogens is 257 g/mol. The summed E-state index contributed by atoms with van der Waals surface area (Å²) in [5.74, 6) is 0.514. The van der Waals surface area contributed by atoms with Gasteiger partial charge in [0, 0.05) is 26.8 Å². The Morgan fingerprint density at radius 2 is 2.30 bits per heavy atom. The van der Waals surface area contributed by atoms with Gasteiger partial charge in [-0.1, -0.05) is 12.1 Å². The molecule has 1 aromatic heterocycles. The van der Waals surface area contributed by atoms with Gasteiger partial charge in [0.05, 0.1) is 12.2 Å². The molecule has 2 rings (SSSR count). The van der Waals surface area contributed by atoms with Crippen LogP contribution < -0.4 is 5.32 Å². The van der Waals surface area contributed by atoms with E-state index < -0.39 is 0 Å². The molecule has 0 saturated heterocycles. The quantitative estimate of drug-likeness (QED) is 0.660. The Bertz CT molecular complexity index is 565. The number of halogens is 1. The minimum atomic E-state index is -0.226. The van der Waals surface area contributed by atoms with Crippen LogP contribution in [-0.2, 0) is 13.1 Å². The zero-order valence-corrected chi connectivity index (χ0v) is 11.6. The van der Waals surface area contributed by atoms with Crippen LogP contribution in [-0.4, -0.2) is 35.2 Å². The van der Waals surface area contributed by atoms with Gasteiger partial charge in [0.15, 0.2) is 5.96 Å². The molecular formula is C14H18FN5. The maximum atomic E-state index is 13.2. The van der Waals surface area contributed by atoms with Gasteiger partial charge in [0.25, 0.3) is 0 Å². The molecule has 0 fully saturated rings. The summed E-state index contributed by atoms with van der Waals surface area (Å²) in [5, 5.41) is 9.98. The lowest BCUT2D eigenvalue weighted by molar-refractivity contribution is 0.474. The summed E-state index contributed by atoms with van der Waals surface area (Å²) in [7, 11) is 3.63. The predicted octanol–water partition coefficient (Wildman–Crippen LogP) is 1.76. The largest absolute Gasteiger partial charge is 0.351 e. The van der Waals surface area contributed by atoms with Crippen LogP contribution in [0.15, 0.2) is 41.5 Å². The average Bonchev–Trinajstić information content (AvgIpc) is 2.92. The van der Waals surface area contributed by atoms with Gasteiger partial charge in [-0.2, -0.15) is 5.10 Å². The van der Waals surface area contributed by atoms with E-state index in [4.69, 9.17) is 0 Å². The minimum Gasteiger partial charge on any atom is -0.351 e. The van der Waals surface area contributed by atoms with E-state index in [9.17, 15) is 4.39 Å². The fourth-order valence-electron chi connectivity index (χ4n) is 1.93. The topological polar surface area (TPSA) is 56.3 Å². The summed E-state index contributed by atoms with van der Waals surface area (Å²) in [5.41, 5.74) is 1.88. The molecule has 0 atom stereocenters. The molecule has 20 heavy (non-hydrogen) atoms. The maximum Gasteiger partial charge on any atom is 0.194 e. The van der Waals surface area contributed by atoms with Crippen LogP contribution in [0.25, 0.3) is 0 Å². The first-order valence-corrected chi connectivity index (χ1v) is 6.33. The summed E-state index contributed by atoms with van der Waals surface area (Å²) in [4.78, 5) is 6.15. The van der Waals surface area contributed by atoms with Crippen LogP contribution in [0, 0.1) is 5.82 Å². The molecule has 0 radical (unpaired) electrons. The lowest BCUT2D eigenvalue weighted by Crippen LogP contribution is -2.38. The Balaban J connectivity index is 1.93. The average molecular weight is 275 g/mol. The fraction of sp³-hybridized carbons (Fsp3) is 0.286. The summed E-state index contributed by atoms with van der Waals surface area (Å²) in [6.07, 6.45) is 1.70. The monoisotopic (exact) mass is 275 g/mol. The highest BCUT2D eigenvalue weighted by molar-refractivity contribution is 5.79. The Labute approximate surface area is 117 Å². The number of nitrogens with zero attached hydrogens (tertiary/aromatic N) is 3. The second kappa shape index (κ2) is 6.70. The second-order valence-electron chi connectivity index (χ2n) is 4.47. The van der Waals surface area contributed by atoms with Crippen molar-refractivity contribution >= 4 is 5.96 Å². The van der Waals surface area contributed by atoms with Crippen molar-refractivity contribution in [3.05, 3.63) is 53.6 Å². The van der Waals surface area contributed by atoms with Crippen LogP contribution in [0.2, 0.25) is 0 Å². The number of nitrogens with one attached hydrogen (secondary N) is 2. The van der Waals surface area contributed by atoms with Crippen molar-refractivity contribution in [1.29, 1.82) is 0 Å². The minimum absolute atomic E-state index is 0.226. The Kier molecular flexibility index (Phi) is 4.70. The van der Waals surface area contributed by atoms with Gasteiger partial charge in [0.2, 0.25) is 0 Å². The van der Waals surface area contributed by atoms with E-state index in [2.05, 4.69) is 20.5 Å².